The van der Waals surface area contributed by atoms with Crippen LogP contribution in [0.5, 0.6) is 5.75 Å². The van der Waals surface area contributed by atoms with E-state index >= 15 is 0 Å². The number of nitrogens with one attached hydrogen (secondary N) is 1. The fourth-order valence-electron chi connectivity index (χ4n) is 3.25. The minimum Gasteiger partial charge on any atom is -0.497 e. The second-order valence-electron chi connectivity index (χ2n) is 6.82. The molecule has 3 aromatic rings. The molecule has 2 heterocycles. The van der Waals surface area contributed by atoms with Crippen LogP contribution in [0, 0.1) is 6.92 Å². The molecule has 1 N–H and O–H groups in total. The van der Waals surface area contributed by atoms with Crippen molar-refractivity contribution in [2.45, 2.75) is 39.2 Å². The van der Waals surface area contributed by atoms with Crippen molar-refractivity contribution in [3.05, 3.63) is 65.6 Å². The van der Waals surface area contributed by atoms with Crippen LogP contribution in [0.4, 0.5) is 0 Å². The van der Waals surface area contributed by atoms with Crippen LogP contribution in [-0.4, -0.2) is 28.4 Å². The molecule has 0 saturated carbocycles. The van der Waals surface area contributed by atoms with E-state index in [4.69, 9.17) is 4.74 Å². The molecule has 136 valence electrons. The van der Waals surface area contributed by atoms with Gasteiger partial charge in [-0.05, 0) is 50.1 Å². The number of rotatable bonds is 6. The monoisotopic (exact) mass is 351 g/mol. The molecule has 1 aromatic carbocycles. The first-order valence-electron chi connectivity index (χ1n) is 8.85. The maximum atomic E-state index is 12.5. The SMILES string of the molecule is COc1cccc(C(CC(=O)NC(C)C)c2cnc3c(C)cccn23)c1. The number of carbonyl (C=O) groups is 1. The minimum atomic E-state index is -0.111. The van der Waals surface area contributed by atoms with E-state index in [0.717, 1.165) is 28.2 Å². The molecule has 3 rings (SSSR count). The van der Waals surface area contributed by atoms with Crippen LogP contribution >= 0.6 is 0 Å². The molecule has 0 aliphatic carbocycles. The van der Waals surface area contributed by atoms with E-state index in [9.17, 15) is 4.79 Å². The lowest BCUT2D eigenvalue weighted by atomic mass is 9.92. The number of hydrogen-bond acceptors (Lipinski definition) is 3. The van der Waals surface area contributed by atoms with Gasteiger partial charge in [0, 0.05) is 30.8 Å². The van der Waals surface area contributed by atoms with Crippen LogP contribution in [-0.2, 0) is 4.79 Å². The molecule has 26 heavy (non-hydrogen) atoms. The van der Waals surface area contributed by atoms with Gasteiger partial charge in [-0.1, -0.05) is 18.2 Å². The fourth-order valence-corrected chi connectivity index (χ4v) is 3.25. The van der Waals surface area contributed by atoms with Crippen LogP contribution in [0.25, 0.3) is 5.65 Å². The highest BCUT2D eigenvalue weighted by molar-refractivity contribution is 5.77. The second-order valence-corrected chi connectivity index (χ2v) is 6.82. The van der Waals surface area contributed by atoms with Gasteiger partial charge in [-0.3, -0.25) is 4.79 Å². The van der Waals surface area contributed by atoms with Gasteiger partial charge < -0.3 is 14.5 Å². The van der Waals surface area contributed by atoms with Gasteiger partial charge in [0.15, 0.2) is 0 Å². The molecule has 1 atom stereocenters. The zero-order valence-electron chi connectivity index (χ0n) is 15.7. The average Bonchev–Trinajstić information content (AvgIpc) is 3.04. The van der Waals surface area contributed by atoms with Crippen molar-refractivity contribution < 1.29 is 9.53 Å². The number of fused-ring (bicyclic) bond motifs is 1. The normalized spacial score (nSPS) is 12.3. The van der Waals surface area contributed by atoms with Gasteiger partial charge in [0.25, 0.3) is 0 Å². The lowest BCUT2D eigenvalue weighted by Gasteiger charge is -2.19. The molecular weight excluding hydrogens is 326 g/mol. The number of amides is 1. The number of ether oxygens (including phenoxy) is 1. The number of benzene rings is 1. The molecular formula is C21H25N3O2. The summed E-state index contributed by atoms with van der Waals surface area (Å²) in [4.78, 5) is 17.1. The molecule has 0 fully saturated rings. The smallest absolute Gasteiger partial charge is 0.221 e. The summed E-state index contributed by atoms with van der Waals surface area (Å²) in [6.45, 7) is 5.98. The van der Waals surface area contributed by atoms with Crippen LogP contribution in [0.15, 0.2) is 48.8 Å². The van der Waals surface area contributed by atoms with Gasteiger partial charge in [0.2, 0.25) is 5.91 Å². The first kappa shape index (κ1) is 18.0. The Balaban J connectivity index is 2.07. The van der Waals surface area contributed by atoms with Crippen LogP contribution in [0.2, 0.25) is 0 Å². The highest BCUT2D eigenvalue weighted by atomic mass is 16.5. The largest absolute Gasteiger partial charge is 0.497 e. The molecule has 1 amide bonds. The number of carbonyl (C=O) groups excluding carboxylic acids is 1. The Morgan fingerprint density at radius 3 is 2.81 bits per heavy atom. The van der Waals surface area contributed by atoms with E-state index in [2.05, 4.69) is 14.7 Å². The highest BCUT2D eigenvalue weighted by Gasteiger charge is 2.23. The topological polar surface area (TPSA) is 55.6 Å². The highest BCUT2D eigenvalue weighted by Crippen LogP contribution is 2.31. The summed E-state index contributed by atoms with van der Waals surface area (Å²) in [6, 6.07) is 12.0. The average molecular weight is 351 g/mol. The van der Waals surface area contributed by atoms with Gasteiger partial charge in [0.1, 0.15) is 11.4 Å². The molecule has 0 bridgehead atoms. The minimum absolute atomic E-state index is 0.0235. The zero-order chi connectivity index (χ0) is 18.7. The standard InChI is InChI=1S/C21H25N3O2/c1-14(2)23-20(25)12-18(16-8-5-9-17(11-16)26-4)19-13-22-21-15(3)7-6-10-24(19)21/h5-11,13-14,18H,12H2,1-4H3,(H,23,25). The van der Waals surface area contributed by atoms with Gasteiger partial charge in [-0.2, -0.15) is 0 Å². The fraction of sp³-hybridized carbons (Fsp3) is 0.333. The van der Waals surface area contributed by atoms with Gasteiger partial charge >= 0.3 is 0 Å². The van der Waals surface area contributed by atoms with E-state index in [1.165, 1.54) is 0 Å². The molecule has 0 saturated heterocycles. The first-order chi connectivity index (χ1) is 12.5. The number of methoxy groups -OCH3 is 1. The summed E-state index contributed by atoms with van der Waals surface area (Å²) in [5.41, 5.74) is 4.05. The first-order valence-corrected chi connectivity index (χ1v) is 8.85. The molecule has 0 aliphatic heterocycles. The molecule has 0 spiro atoms. The van der Waals surface area contributed by atoms with E-state index in [0.29, 0.717) is 6.42 Å². The third-order valence-electron chi connectivity index (χ3n) is 4.45. The Kier molecular flexibility index (Phi) is 5.26. The Hall–Kier alpha value is -2.82. The maximum absolute atomic E-state index is 12.5. The van der Waals surface area contributed by atoms with E-state index in [-0.39, 0.29) is 17.9 Å². The summed E-state index contributed by atoms with van der Waals surface area (Å²) in [5, 5.41) is 2.99. The van der Waals surface area contributed by atoms with Gasteiger partial charge in [-0.25, -0.2) is 4.98 Å². The molecule has 5 heteroatoms. The Labute approximate surface area is 154 Å². The third-order valence-corrected chi connectivity index (χ3v) is 4.45. The van der Waals surface area contributed by atoms with E-state index in [1.807, 2.05) is 69.6 Å². The van der Waals surface area contributed by atoms with Gasteiger partial charge in [0.05, 0.1) is 12.8 Å². The summed E-state index contributed by atoms with van der Waals surface area (Å²) >= 11 is 0. The number of imidazole rings is 1. The lowest BCUT2D eigenvalue weighted by molar-refractivity contribution is -0.121. The van der Waals surface area contributed by atoms with E-state index < -0.39 is 0 Å². The van der Waals surface area contributed by atoms with Gasteiger partial charge in [-0.15, -0.1) is 0 Å². The second kappa shape index (κ2) is 7.60. The van der Waals surface area contributed by atoms with Crippen molar-refractivity contribution in [1.29, 1.82) is 0 Å². The number of aromatic nitrogens is 2. The molecule has 5 nitrogen and oxygen atoms in total. The van der Waals surface area contributed by atoms with Crippen LogP contribution in [0.1, 0.15) is 43.0 Å². The van der Waals surface area contributed by atoms with Crippen LogP contribution < -0.4 is 10.1 Å². The van der Waals surface area contributed by atoms with Crippen molar-refractivity contribution in [3.8, 4) is 5.75 Å². The van der Waals surface area contributed by atoms with Crippen molar-refractivity contribution >= 4 is 11.6 Å². The zero-order valence-corrected chi connectivity index (χ0v) is 15.7. The Morgan fingerprint density at radius 1 is 1.27 bits per heavy atom. The van der Waals surface area contributed by atoms with Crippen molar-refractivity contribution in [2.24, 2.45) is 0 Å². The number of nitrogens with zero attached hydrogens (tertiary/aromatic N) is 2. The summed E-state index contributed by atoms with van der Waals surface area (Å²) in [5.74, 6) is 0.692. The van der Waals surface area contributed by atoms with Crippen molar-refractivity contribution in [2.75, 3.05) is 7.11 Å². The molecule has 0 aliphatic rings. The quantitative estimate of drug-likeness (QED) is 0.737. The Bertz CT molecular complexity index is 915. The van der Waals surface area contributed by atoms with E-state index in [1.54, 1.807) is 7.11 Å². The molecule has 1 unspecified atom stereocenters. The third kappa shape index (κ3) is 3.72. The number of hydrogen-bond donors (Lipinski definition) is 1. The number of aryl methyl sites for hydroxylation is 1. The predicted octanol–water partition coefficient (Wildman–Crippen LogP) is 3.70. The number of pyridine rings is 1. The van der Waals surface area contributed by atoms with Crippen LogP contribution in [0.3, 0.4) is 0 Å². The lowest BCUT2D eigenvalue weighted by Crippen LogP contribution is -2.31. The van der Waals surface area contributed by atoms with Crippen molar-refractivity contribution in [1.82, 2.24) is 14.7 Å². The van der Waals surface area contributed by atoms with Crippen molar-refractivity contribution in [3.63, 3.8) is 0 Å². The summed E-state index contributed by atoms with van der Waals surface area (Å²) < 4.78 is 7.45. The summed E-state index contributed by atoms with van der Waals surface area (Å²) in [6.07, 6.45) is 4.22. The maximum Gasteiger partial charge on any atom is 0.221 e. The summed E-state index contributed by atoms with van der Waals surface area (Å²) in [7, 11) is 1.65. The molecule has 2 aromatic heterocycles. The Morgan fingerprint density at radius 2 is 2.08 bits per heavy atom. The predicted molar refractivity (Wildman–Crippen MR) is 103 cm³/mol. The molecule has 0 radical (unpaired) electrons.